The third-order valence-corrected chi connectivity index (χ3v) is 3.62. The van der Waals surface area contributed by atoms with Crippen LogP contribution >= 0.6 is 0 Å². The highest BCUT2D eigenvalue weighted by Crippen LogP contribution is 2.28. The standard InChI is InChI=1S/C10H12FN3O3S/c11-18(16,17)6-7-4-9(15)14(5-7)8-2-1-3-13-10(8)12/h1-3,7H,4-6H2,(H2,12,13). The van der Waals surface area contributed by atoms with Crippen LogP contribution in [0.25, 0.3) is 0 Å². The monoisotopic (exact) mass is 273 g/mol. The maximum absolute atomic E-state index is 12.6. The molecule has 0 saturated carbocycles. The topological polar surface area (TPSA) is 93.4 Å². The number of nitrogens with zero attached hydrogens (tertiary/aromatic N) is 2. The number of hydrogen-bond acceptors (Lipinski definition) is 5. The molecular weight excluding hydrogens is 261 g/mol. The van der Waals surface area contributed by atoms with Crippen molar-refractivity contribution in [2.75, 3.05) is 22.9 Å². The Hall–Kier alpha value is -1.70. The summed E-state index contributed by atoms with van der Waals surface area (Å²) in [7, 11) is -4.57. The summed E-state index contributed by atoms with van der Waals surface area (Å²) < 4.78 is 33.7. The van der Waals surface area contributed by atoms with Crippen LogP contribution in [-0.4, -0.2) is 31.6 Å². The lowest BCUT2D eigenvalue weighted by atomic mass is 10.1. The molecular formula is C10H12FN3O3S. The zero-order valence-electron chi connectivity index (χ0n) is 9.41. The Morgan fingerprint density at radius 1 is 1.56 bits per heavy atom. The zero-order valence-corrected chi connectivity index (χ0v) is 10.2. The van der Waals surface area contributed by atoms with Crippen LogP contribution in [0.5, 0.6) is 0 Å². The molecule has 2 rings (SSSR count). The minimum atomic E-state index is -4.57. The van der Waals surface area contributed by atoms with Crippen molar-refractivity contribution >= 4 is 27.6 Å². The van der Waals surface area contributed by atoms with Crippen LogP contribution in [-0.2, 0) is 15.0 Å². The number of amides is 1. The fraction of sp³-hybridized carbons (Fsp3) is 0.400. The van der Waals surface area contributed by atoms with Crippen molar-refractivity contribution in [1.82, 2.24) is 4.98 Å². The molecule has 1 unspecified atom stereocenters. The molecule has 8 heteroatoms. The smallest absolute Gasteiger partial charge is 0.302 e. The molecule has 1 saturated heterocycles. The molecule has 1 aliphatic rings. The Morgan fingerprint density at radius 2 is 2.28 bits per heavy atom. The van der Waals surface area contributed by atoms with E-state index in [2.05, 4.69) is 4.98 Å². The number of pyridine rings is 1. The van der Waals surface area contributed by atoms with E-state index in [0.29, 0.717) is 5.69 Å². The molecule has 0 aliphatic carbocycles. The van der Waals surface area contributed by atoms with E-state index in [1.54, 1.807) is 12.1 Å². The maximum Gasteiger partial charge on any atom is 0.302 e. The Kier molecular flexibility index (Phi) is 3.20. The highest BCUT2D eigenvalue weighted by atomic mass is 32.3. The van der Waals surface area contributed by atoms with E-state index in [-0.39, 0.29) is 24.7 Å². The molecule has 18 heavy (non-hydrogen) atoms. The summed E-state index contributed by atoms with van der Waals surface area (Å²) in [6.45, 7) is 0.137. The minimum absolute atomic E-state index is 0.00250. The normalized spacial score (nSPS) is 20.4. The van der Waals surface area contributed by atoms with Gasteiger partial charge in [-0.3, -0.25) is 4.79 Å². The van der Waals surface area contributed by atoms with Crippen molar-refractivity contribution < 1.29 is 17.1 Å². The average Bonchev–Trinajstić information content (AvgIpc) is 2.57. The van der Waals surface area contributed by atoms with E-state index in [4.69, 9.17) is 5.73 Å². The van der Waals surface area contributed by atoms with Crippen LogP contribution in [0, 0.1) is 5.92 Å². The predicted octanol–water partition coefficient (Wildman–Crippen LogP) is 0.316. The number of halogens is 1. The maximum atomic E-state index is 12.6. The van der Waals surface area contributed by atoms with Gasteiger partial charge < -0.3 is 10.6 Å². The summed E-state index contributed by atoms with van der Waals surface area (Å²) in [4.78, 5) is 16.9. The van der Waals surface area contributed by atoms with Gasteiger partial charge in [-0.1, -0.05) is 0 Å². The first kappa shape index (κ1) is 12.7. The van der Waals surface area contributed by atoms with E-state index < -0.39 is 21.9 Å². The van der Waals surface area contributed by atoms with Crippen LogP contribution in [0.3, 0.4) is 0 Å². The number of nitrogen functional groups attached to an aromatic ring is 1. The van der Waals surface area contributed by atoms with Gasteiger partial charge in [0.05, 0.1) is 11.4 Å². The highest BCUT2D eigenvalue weighted by Gasteiger charge is 2.34. The second kappa shape index (κ2) is 4.52. The van der Waals surface area contributed by atoms with Crippen molar-refractivity contribution in [1.29, 1.82) is 0 Å². The molecule has 0 radical (unpaired) electrons. The average molecular weight is 273 g/mol. The van der Waals surface area contributed by atoms with Crippen molar-refractivity contribution in [3.63, 3.8) is 0 Å². The first-order chi connectivity index (χ1) is 8.37. The predicted molar refractivity (Wildman–Crippen MR) is 64.0 cm³/mol. The molecule has 0 aromatic carbocycles. The van der Waals surface area contributed by atoms with Crippen LogP contribution < -0.4 is 10.6 Å². The molecule has 6 nitrogen and oxygen atoms in total. The second-order valence-corrected chi connectivity index (χ2v) is 5.60. The van der Waals surface area contributed by atoms with Gasteiger partial charge in [0.15, 0.2) is 0 Å². The summed E-state index contributed by atoms with van der Waals surface area (Å²) in [6, 6.07) is 3.24. The van der Waals surface area contributed by atoms with E-state index in [0.717, 1.165) is 0 Å². The van der Waals surface area contributed by atoms with Crippen LogP contribution in [0.4, 0.5) is 15.4 Å². The molecule has 0 bridgehead atoms. The van der Waals surface area contributed by atoms with E-state index in [9.17, 15) is 17.1 Å². The molecule has 1 fully saturated rings. The van der Waals surface area contributed by atoms with Crippen LogP contribution in [0.15, 0.2) is 18.3 Å². The first-order valence-electron chi connectivity index (χ1n) is 5.30. The van der Waals surface area contributed by atoms with Crippen LogP contribution in [0.1, 0.15) is 6.42 Å². The number of carbonyl (C=O) groups is 1. The van der Waals surface area contributed by atoms with Gasteiger partial charge in [-0.15, -0.1) is 3.89 Å². The summed E-state index contributed by atoms with van der Waals surface area (Å²) in [5.41, 5.74) is 6.07. The molecule has 1 aromatic rings. The number of carbonyl (C=O) groups excluding carboxylic acids is 1. The van der Waals surface area contributed by atoms with E-state index in [1.807, 2.05) is 0 Å². The van der Waals surface area contributed by atoms with Gasteiger partial charge in [-0.2, -0.15) is 8.42 Å². The summed E-state index contributed by atoms with van der Waals surface area (Å²) in [6.07, 6.45) is 1.49. The van der Waals surface area contributed by atoms with Crippen molar-refractivity contribution in [2.45, 2.75) is 6.42 Å². The number of anilines is 2. The van der Waals surface area contributed by atoms with Gasteiger partial charge in [0.25, 0.3) is 0 Å². The van der Waals surface area contributed by atoms with Gasteiger partial charge in [-0.05, 0) is 12.1 Å². The number of nitrogens with two attached hydrogens (primary N) is 1. The first-order valence-corrected chi connectivity index (χ1v) is 6.85. The summed E-state index contributed by atoms with van der Waals surface area (Å²) >= 11 is 0. The second-order valence-electron chi connectivity index (χ2n) is 4.19. The molecule has 1 atom stereocenters. The Balaban J connectivity index is 2.18. The third kappa shape index (κ3) is 2.76. The van der Waals surface area contributed by atoms with Gasteiger partial charge in [0.1, 0.15) is 5.82 Å². The molecule has 1 aromatic heterocycles. The van der Waals surface area contributed by atoms with Gasteiger partial charge >= 0.3 is 10.2 Å². The number of rotatable bonds is 3. The third-order valence-electron chi connectivity index (χ3n) is 2.75. The lowest BCUT2D eigenvalue weighted by Crippen LogP contribution is -2.26. The molecule has 1 amide bonds. The van der Waals surface area contributed by atoms with Crippen molar-refractivity contribution in [3.05, 3.63) is 18.3 Å². The molecule has 2 N–H and O–H groups in total. The number of aromatic nitrogens is 1. The molecule has 1 aliphatic heterocycles. The van der Waals surface area contributed by atoms with Gasteiger partial charge in [-0.25, -0.2) is 4.98 Å². The quantitative estimate of drug-likeness (QED) is 0.800. The Morgan fingerprint density at radius 3 is 2.89 bits per heavy atom. The van der Waals surface area contributed by atoms with Crippen molar-refractivity contribution in [3.8, 4) is 0 Å². The fourth-order valence-corrected chi connectivity index (χ4v) is 2.83. The molecule has 98 valence electrons. The van der Waals surface area contributed by atoms with Crippen LogP contribution in [0.2, 0.25) is 0 Å². The Labute approximate surface area is 104 Å². The van der Waals surface area contributed by atoms with E-state index in [1.165, 1.54) is 11.1 Å². The van der Waals surface area contributed by atoms with Gasteiger partial charge in [0, 0.05) is 25.1 Å². The number of hydrogen-bond donors (Lipinski definition) is 1. The minimum Gasteiger partial charge on any atom is -0.382 e. The zero-order chi connectivity index (χ0) is 13.3. The lowest BCUT2D eigenvalue weighted by Gasteiger charge is -2.17. The molecule has 2 heterocycles. The highest BCUT2D eigenvalue weighted by molar-refractivity contribution is 7.86. The largest absolute Gasteiger partial charge is 0.382 e. The lowest BCUT2D eigenvalue weighted by molar-refractivity contribution is -0.117. The molecule has 0 spiro atoms. The summed E-state index contributed by atoms with van der Waals surface area (Å²) in [5, 5.41) is 0. The van der Waals surface area contributed by atoms with Crippen molar-refractivity contribution in [2.24, 2.45) is 5.92 Å². The SMILES string of the molecule is Nc1ncccc1N1CC(CS(=O)(=O)F)CC1=O. The fourth-order valence-electron chi connectivity index (χ4n) is 2.04. The van der Waals surface area contributed by atoms with E-state index >= 15 is 0 Å². The summed E-state index contributed by atoms with van der Waals surface area (Å²) in [5.74, 6) is -1.28. The van der Waals surface area contributed by atoms with Gasteiger partial charge in [0.2, 0.25) is 5.91 Å². The Bertz CT molecular complexity index is 575.